The number of β-amino-alcohol motifs (C(OH)–C–C–N with tert-alkyl or cyclic N) is 1. The van der Waals surface area contributed by atoms with E-state index < -0.39 is 0 Å². The fourth-order valence-electron chi connectivity index (χ4n) is 5.77. The Labute approximate surface area is 220 Å². The highest BCUT2D eigenvalue weighted by Gasteiger charge is 2.46. The average Bonchev–Trinajstić information content (AvgIpc) is 3.48. The van der Waals surface area contributed by atoms with E-state index in [1.807, 2.05) is 24.1 Å². The summed E-state index contributed by atoms with van der Waals surface area (Å²) in [6, 6.07) is 4.34. The molecule has 192 valence electrons. The molecule has 2 aromatic heterocycles. The molecule has 0 aromatic carbocycles. The van der Waals surface area contributed by atoms with E-state index in [2.05, 4.69) is 26.9 Å². The highest BCUT2D eigenvalue weighted by Crippen LogP contribution is 2.42. The molecule has 4 heterocycles. The number of nitrogens with zero attached hydrogens (tertiary/aromatic N) is 4. The number of nitrogens with one attached hydrogen (secondary N) is 2. The van der Waals surface area contributed by atoms with Crippen LogP contribution >= 0.6 is 23.2 Å². The van der Waals surface area contributed by atoms with Crippen molar-refractivity contribution in [3.8, 4) is 6.07 Å². The van der Waals surface area contributed by atoms with Crippen LogP contribution in [0.5, 0.6) is 0 Å². The summed E-state index contributed by atoms with van der Waals surface area (Å²) < 4.78 is 12.3. The van der Waals surface area contributed by atoms with Crippen molar-refractivity contribution >= 4 is 29.0 Å². The summed E-state index contributed by atoms with van der Waals surface area (Å²) in [7, 11) is 1.70. The number of halogens is 2. The van der Waals surface area contributed by atoms with Crippen LogP contribution in [0.2, 0.25) is 10.0 Å². The average molecular weight is 533 g/mol. The normalized spacial score (nSPS) is 30.7. The summed E-state index contributed by atoms with van der Waals surface area (Å²) >= 11 is 12.7. The van der Waals surface area contributed by atoms with Crippen LogP contribution in [0, 0.1) is 17.2 Å². The van der Waals surface area contributed by atoms with E-state index in [0.29, 0.717) is 40.9 Å². The Hall–Kier alpha value is -2.03. The predicted molar refractivity (Wildman–Crippen MR) is 136 cm³/mol. The van der Waals surface area contributed by atoms with Crippen molar-refractivity contribution in [3.05, 3.63) is 51.4 Å². The smallest absolute Gasteiger partial charge is 0.146 e. The second-order valence-corrected chi connectivity index (χ2v) is 10.6. The van der Waals surface area contributed by atoms with Crippen LogP contribution in [0.25, 0.3) is 0 Å². The van der Waals surface area contributed by atoms with Crippen LogP contribution < -0.4 is 15.8 Å². The molecule has 1 aliphatic carbocycles. The molecule has 3 N–H and O–H groups in total. The van der Waals surface area contributed by atoms with Crippen molar-refractivity contribution in [3.63, 3.8) is 0 Å². The molecule has 1 saturated carbocycles. The first-order valence-electron chi connectivity index (χ1n) is 12.2. The number of nitriles is 1. The molecular weight excluding hydrogens is 503 g/mol. The number of rotatable bonds is 6. The summed E-state index contributed by atoms with van der Waals surface area (Å²) in [6.45, 7) is 3.12. The van der Waals surface area contributed by atoms with Crippen LogP contribution in [0.4, 0.5) is 5.82 Å². The quantitative estimate of drug-likeness (QED) is 0.515. The molecule has 0 amide bonds. The fraction of sp³-hybridized carbons (Fsp3) is 0.560. The lowest BCUT2D eigenvalue weighted by molar-refractivity contribution is -0.117. The number of aliphatic hydroxyl groups excluding tert-OH is 1. The number of methoxy groups -OCH3 is 1. The summed E-state index contributed by atoms with van der Waals surface area (Å²) in [4.78, 5) is 10.6. The number of pyridine rings is 2. The Bertz CT molecular complexity index is 1130. The largest absolute Gasteiger partial charge is 0.391 e. The fourth-order valence-corrected chi connectivity index (χ4v) is 6.45. The maximum atomic E-state index is 9.90. The minimum atomic E-state index is -0.383. The van der Waals surface area contributed by atoms with E-state index in [1.165, 1.54) is 0 Å². The minimum Gasteiger partial charge on any atom is -0.391 e. The number of aromatic nitrogens is 2. The van der Waals surface area contributed by atoms with Crippen LogP contribution in [0.3, 0.4) is 0 Å². The Kier molecular flexibility index (Phi) is 7.65. The van der Waals surface area contributed by atoms with Crippen molar-refractivity contribution in [2.45, 2.75) is 62.7 Å². The molecule has 0 radical (unpaired) electrons. The Morgan fingerprint density at radius 1 is 1.19 bits per heavy atom. The Balaban J connectivity index is 1.35. The second-order valence-electron chi connectivity index (χ2n) is 9.76. The monoisotopic (exact) mass is 532 g/mol. The van der Waals surface area contributed by atoms with Crippen molar-refractivity contribution in [2.24, 2.45) is 5.92 Å². The van der Waals surface area contributed by atoms with Crippen LogP contribution in [0.15, 0.2) is 24.7 Å². The first-order chi connectivity index (χ1) is 17.4. The minimum absolute atomic E-state index is 0.0415. The first-order valence-corrected chi connectivity index (χ1v) is 13.0. The molecule has 5 unspecified atom stereocenters. The number of anilines is 1. The van der Waals surface area contributed by atoms with E-state index in [9.17, 15) is 10.4 Å². The van der Waals surface area contributed by atoms with Gasteiger partial charge in [0.25, 0.3) is 0 Å². The number of hydrogen-bond acceptors (Lipinski definition) is 9. The van der Waals surface area contributed by atoms with Crippen LogP contribution in [-0.2, 0) is 9.47 Å². The van der Waals surface area contributed by atoms with E-state index in [0.717, 1.165) is 24.0 Å². The van der Waals surface area contributed by atoms with E-state index in [1.54, 1.807) is 19.5 Å². The Morgan fingerprint density at radius 2 is 1.97 bits per heavy atom. The Morgan fingerprint density at radius 3 is 2.64 bits per heavy atom. The predicted octanol–water partition coefficient (Wildman–Crippen LogP) is 3.31. The van der Waals surface area contributed by atoms with Crippen LogP contribution in [-0.4, -0.2) is 59.6 Å². The first kappa shape index (κ1) is 25.6. The third kappa shape index (κ3) is 4.92. The number of ether oxygens (including phenoxy) is 2. The number of hydrazine groups is 1. The molecule has 36 heavy (non-hydrogen) atoms. The summed E-state index contributed by atoms with van der Waals surface area (Å²) in [5.41, 5.74) is 9.01. The van der Waals surface area contributed by atoms with Gasteiger partial charge in [0.05, 0.1) is 46.1 Å². The van der Waals surface area contributed by atoms with Crippen molar-refractivity contribution in [1.82, 2.24) is 20.8 Å². The maximum absolute atomic E-state index is 9.90. The van der Waals surface area contributed by atoms with Gasteiger partial charge in [-0.05, 0) is 43.7 Å². The van der Waals surface area contributed by atoms with Gasteiger partial charge in [0, 0.05) is 50.4 Å². The number of hydrogen-bond donors (Lipinski definition) is 3. The third-order valence-corrected chi connectivity index (χ3v) is 8.19. The van der Waals surface area contributed by atoms with E-state index >= 15 is 0 Å². The topological polar surface area (TPSA) is 116 Å². The van der Waals surface area contributed by atoms with Gasteiger partial charge in [-0.15, -0.1) is 0 Å². The summed E-state index contributed by atoms with van der Waals surface area (Å²) in [5.74, 6) is 0.828. The maximum Gasteiger partial charge on any atom is 0.146 e. The molecular formula is C25H30Cl2N6O3. The lowest BCUT2D eigenvalue weighted by Crippen LogP contribution is -2.47. The van der Waals surface area contributed by atoms with E-state index in [-0.39, 0.29) is 42.4 Å². The van der Waals surface area contributed by atoms with Gasteiger partial charge in [-0.3, -0.25) is 10.4 Å². The van der Waals surface area contributed by atoms with Gasteiger partial charge in [0.1, 0.15) is 11.9 Å². The zero-order valence-corrected chi connectivity index (χ0v) is 21.7. The van der Waals surface area contributed by atoms with E-state index in [4.69, 9.17) is 32.7 Å². The SMILES string of the molecule is COC1CC2NNC(c3cnc(N4CC[C@H](O)C4)c(C#N)c3)C2CC1O[C@H](C)c1c(Cl)cncc1Cl. The van der Waals surface area contributed by atoms with Crippen molar-refractivity contribution in [2.75, 3.05) is 25.1 Å². The molecule has 7 atom stereocenters. The molecule has 0 bridgehead atoms. The second kappa shape index (κ2) is 10.8. The molecule has 9 nitrogen and oxygen atoms in total. The highest BCUT2D eigenvalue weighted by molar-refractivity contribution is 6.35. The summed E-state index contributed by atoms with van der Waals surface area (Å²) in [6.07, 6.45) is 6.16. The molecule has 2 saturated heterocycles. The van der Waals surface area contributed by atoms with Crippen molar-refractivity contribution in [1.29, 1.82) is 5.26 Å². The van der Waals surface area contributed by atoms with Crippen LogP contribution in [0.1, 0.15) is 55.0 Å². The van der Waals surface area contributed by atoms with Gasteiger partial charge >= 0.3 is 0 Å². The van der Waals surface area contributed by atoms with Gasteiger partial charge in [-0.1, -0.05) is 23.2 Å². The third-order valence-electron chi connectivity index (χ3n) is 7.58. The molecule has 11 heteroatoms. The number of fused-ring (bicyclic) bond motifs is 1. The van der Waals surface area contributed by atoms with Gasteiger partial charge in [0.15, 0.2) is 0 Å². The van der Waals surface area contributed by atoms with Crippen molar-refractivity contribution < 1.29 is 14.6 Å². The molecule has 3 aliphatic rings. The molecule has 0 spiro atoms. The number of aliphatic hydroxyl groups is 1. The molecule has 5 rings (SSSR count). The van der Waals surface area contributed by atoms with Gasteiger partial charge in [0.2, 0.25) is 0 Å². The standard InChI is InChI=1S/C25H30Cl2N6O3/c1-13(23-18(26)10-29-11-19(23)27)36-22-6-17-20(7-21(22)35-2)31-32-24(17)15-5-14(8-28)25(30-9-15)33-4-3-16(34)12-33/h5,9-11,13,16-17,20-22,24,31-32,34H,3-4,6-7,12H2,1-2H3/t13-,16+,17?,20?,21?,22?,24?/m1/s1. The summed E-state index contributed by atoms with van der Waals surface area (Å²) in [5, 5.41) is 20.7. The zero-order valence-electron chi connectivity index (χ0n) is 20.2. The zero-order chi connectivity index (χ0) is 25.4. The molecule has 2 aromatic rings. The molecule has 3 fully saturated rings. The lowest BCUT2D eigenvalue weighted by atomic mass is 9.77. The lowest BCUT2D eigenvalue weighted by Gasteiger charge is -2.39. The van der Waals surface area contributed by atoms with Gasteiger partial charge < -0.3 is 19.5 Å². The van der Waals surface area contributed by atoms with Gasteiger partial charge in [-0.25, -0.2) is 10.4 Å². The van der Waals surface area contributed by atoms with Gasteiger partial charge in [-0.2, -0.15) is 5.26 Å². The molecule has 2 aliphatic heterocycles. The highest BCUT2D eigenvalue weighted by atomic mass is 35.5.